The van der Waals surface area contributed by atoms with Gasteiger partial charge in [0.2, 0.25) is 0 Å². The number of carbonyl (C=O) groups excluding carboxylic acids is 1. The summed E-state index contributed by atoms with van der Waals surface area (Å²) in [4.78, 5) is 12.3. The Balaban J connectivity index is 1.80. The molecule has 0 heterocycles. The highest BCUT2D eigenvalue weighted by atomic mass is 16.5. The van der Waals surface area contributed by atoms with Crippen molar-refractivity contribution < 1.29 is 9.53 Å². The first kappa shape index (κ1) is 21.2. The molecular formula is C25H34O2. The number of ether oxygens (including phenoxy) is 1. The van der Waals surface area contributed by atoms with Crippen LogP contribution in [0.2, 0.25) is 0 Å². The second-order valence-corrected chi connectivity index (χ2v) is 7.35. The highest BCUT2D eigenvalue weighted by Crippen LogP contribution is 2.17. The Labute approximate surface area is 165 Å². The molecule has 2 nitrogen and oxygen atoms in total. The molecule has 0 radical (unpaired) electrons. The van der Waals surface area contributed by atoms with Gasteiger partial charge in [0, 0.05) is 0 Å². The van der Waals surface area contributed by atoms with Crippen molar-refractivity contribution in [3.05, 3.63) is 65.2 Å². The molecule has 2 aromatic rings. The Hall–Kier alpha value is -2.09. The number of hydrogen-bond acceptors (Lipinski definition) is 2. The lowest BCUT2D eigenvalue weighted by Crippen LogP contribution is -2.08. The van der Waals surface area contributed by atoms with Crippen molar-refractivity contribution in [2.24, 2.45) is 0 Å². The number of carbonyl (C=O) groups is 1. The van der Waals surface area contributed by atoms with Gasteiger partial charge >= 0.3 is 5.97 Å². The van der Waals surface area contributed by atoms with E-state index in [-0.39, 0.29) is 5.97 Å². The maximum atomic E-state index is 12.3. The van der Waals surface area contributed by atoms with E-state index in [1.165, 1.54) is 62.5 Å². The van der Waals surface area contributed by atoms with Crippen molar-refractivity contribution in [1.82, 2.24) is 0 Å². The van der Waals surface area contributed by atoms with Gasteiger partial charge in [-0.05, 0) is 61.1 Å². The number of unbranched alkanes of at least 4 members (excludes halogenated alkanes) is 6. The molecule has 0 aliphatic rings. The van der Waals surface area contributed by atoms with E-state index in [4.69, 9.17) is 4.74 Å². The number of esters is 1. The van der Waals surface area contributed by atoms with Gasteiger partial charge in [-0.25, -0.2) is 4.79 Å². The number of benzene rings is 2. The van der Waals surface area contributed by atoms with Crippen LogP contribution < -0.4 is 4.74 Å². The van der Waals surface area contributed by atoms with Crippen LogP contribution in [0.15, 0.2) is 48.5 Å². The zero-order valence-corrected chi connectivity index (χ0v) is 17.0. The standard InChI is InChI=1S/C25H34O2/c1-3-5-7-9-11-21-13-17-23(18-14-21)25(26)27-24-19-15-22(16-20-24)12-10-8-6-4-2/h13-20H,3-12H2,1-2H3. The molecule has 2 heteroatoms. The lowest BCUT2D eigenvalue weighted by Gasteiger charge is -2.07. The van der Waals surface area contributed by atoms with E-state index in [0.717, 1.165) is 12.8 Å². The Morgan fingerprint density at radius 3 is 1.63 bits per heavy atom. The quantitative estimate of drug-likeness (QED) is 0.226. The molecule has 0 atom stereocenters. The van der Waals surface area contributed by atoms with Gasteiger partial charge in [-0.2, -0.15) is 0 Å². The summed E-state index contributed by atoms with van der Waals surface area (Å²) in [5.41, 5.74) is 3.20. The summed E-state index contributed by atoms with van der Waals surface area (Å²) < 4.78 is 5.51. The van der Waals surface area contributed by atoms with Crippen LogP contribution in [0, 0.1) is 0 Å². The maximum Gasteiger partial charge on any atom is 0.343 e. The lowest BCUT2D eigenvalue weighted by molar-refractivity contribution is 0.0734. The minimum atomic E-state index is -0.289. The first-order valence-corrected chi connectivity index (χ1v) is 10.6. The van der Waals surface area contributed by atoms with Crippen LogP contribution in [0.3, 0.4) is 0 Å². The van der Waals surface area contributed by atoms with E-state index < -0.39 is 0 Å². The van der Waals surface area contributed by atoms with Crippen LogP contribution in [0.25, 0.3) is 0 Å². The van der Waals surface area contributed by atoms with E-state index in [1.807, 2.05) is 36.4 Å². The van der Waals surface area contributed by atoms with Gasteiger partial charge in [0.25, 0.3) is 0 Å². The third-order valence-electron chi connectivity index (χ3n) is 4.96. The molecule has 0 unspecified atom stereocenters. The minimum Gasteiger partial charge on any atom is -0.423 e. The van der Waals surface area contributed by atoms with E-state index in [2.05, 4.69) is 26.0 Å². The number of rotatable bonds is 12. The maximum absolute atomic E-state index is 12.3. The van der Waals surface area contributed by atoms with Crippen molar-refractivity contribution in [2.45, 2.75) is 78.1 Å². The zero-order valence-electron chi connectivity index (χ0n) is 17.0. The number of hydrogen-bond donors (Lipinski definition) is 0. The Morgan fingerprint density at radius 1 is 0.667 bits per heavy atom. The summed E-state index contributed by atoms with van der Waals surface area (Å²) in [6.45, 7) is 4.45. The normalized spacial score (nSPS) is 10.7. The summed E-state index contributed by atoms with van der Waals surface area (Å²) in [5.74, 6) is 0.323. The predicted molar refractivity (Wildman–Crippen MR) is 114 cm³/mol. The first-order valence-electron chi connectivity index (χ1n) is 10.6. The van der Waals surface area contributed by atoms with Crippen molar-refractivity contribution in [1.29, 1.82) is 0 Å². The molecule has 2 rings (SSSR count). The molecule has 0 spiro atoms. The fourth-order valence-corrected chi connectivity index (χ4v) is 3.21. The molecule has 0 aliphatic carbocycles. The highest BCUT2D eigenvalue weighted by molar-refractivity contribution is 5.91. The summed E-state index contributed by atoms with van der Waals surface area (Å²) in [7, 11) is 0. The molecule has 0 bridgehead atoms. The molecule has 0 N–H and O–H groups in total. The van der Waals surface area contributed by atoms with E-state index in [0.29, 0.717) is 11.3 Å². The topological polar surface area (TPSA) is 26.3 Å². The third-order valence-corrected chi connectivity index (χ3v) is 4.96. The molecular weight excluding hydrogens is 332 g/mol. The van der Waals surface area contributed by atoms with E-state index >= 15 is 0 Å². The van der Waals surface area contributed by atoms with Crippen LogP contribution >= 0.6 is 0 Å². The van der Waals surface area contributed by atoms with E-state index in [1.54, 1.807) is 0 Å². The van der Waals surface area contributed by atoms with Gasteiger partial charge < -0.3 is 4.74 Å². The van der Waals surface area contributed by atoms with Crippen LogP contribution in [0.4, 0.5) is 0 Å². The van der Waals surface area contributed by atoms with Crippen LogP contribution in [-0.2, 0) is 12.8 Å². The van der Waals surface area contributed by atoms with Gasteiger partial charge in [-0.15, -0.1) is 0 Å². The summed E-state index contributed by atoms with van der Waals surface area (Å²) in [6, 6.07) is 15.8. The molecule has 0 fully saturated rings. The second-order valence-electron chi connectivity index (χ2n) is 7.35. The van der Waals surface area contributed by atoms with Crippen molar-refractivity contribution in [3.8, 4) is 5.75 Å². The zero-order chi connectivity index (χ0) is 19.3. The van der Waals surface area contributed by atoms with Gasteiger partial charge in [0.15, 0.2) is 0 Å². The van der Waals surface area contributed by atoms with Crippen LogP contribution in [0.1, 0.15) is 86.7 Å². The van der Waals surface area contributed by atoms with Gasteiger partial charge in [0.1, 0.15) is 5.75 Å². The SMILES string of the molecule is CCCCCCc1ccc(OC(=O)c2ccc(CCCCCC)cc2)cc1. The Kier molecular flexibility index (Phi) is 9.68. The summed E-state index contributed by atoms with van der Waals surface area (Å²) in [6.07, 6.45) is 12.3. The Bertz CT molecular complexity index is 656. The van der Waals surface area contributed by atoms with Crippen molar-refractivity contribution >= 4 is 5.97 Å². The molecule has 27 heavy (non-hydrogen) atoms. The smallest absolute Gasteiger partial charge is 0.343 e. The molecule has 0 amide bonds. The van der Waals surface area contributed by atoms with Crippen molar-refractivity contribution in [2.75, 3.05) is 0 Å². The van der Waals surface area contributed by atoms with Crippen molar-refractivity contribution in [3.63, 3.8) is 0 Å². The monoisotopic (exact) mass is 366 g/mol. The molecule has 0 aromatic heterocycles. The third kappa shape index (κ3) is 7.99. The van der Waals surface area contributed by atoms with Crippen LogP contribution in [-0.4, -0.2) is 5.97 Å². The lowest BCUT2D eigenvalue weighted by atomic mass is 10.0. The summed E-state index contributed by atoms with van der Waals surface area (Å²) in [5, 5.41) is 0. The predicted octanol–water partition coefficient (Wildman–Crippen LogP) is 7.15. The summed E-state index contributed by atoms with van der Waals surface area (Å²) >= 11 is 0. The first-order chi connectivity index (χ1) is 13.2. The molecule has 0 aliphatic heterocycles. The number of aryl methyl sites for hydroxylation is 2. The van der Waals surface area contributed by atoms with E-state index in [9.17, 15) is 4.79 Å². The molecule has 0 saturated heterocycles. The largest absolute Gasteiger partial charge is 0.423 e. The Morgan fingerprint density at radius 2 is 1.15 bits per heavy atom. The molecule has 146 valence electrons. The van der Waals surface area contributed by atoms with Crippen LogP contribution in [0.5, 0.6) is 5.75 Å². The highest BCUT2D eigenvalue weighted by Gasteiger charge is 2.08. The van der Waals surface area contributed by atoms with Gasteiger partial charge in [0.05, 0.1) is 5.56 Å². The average Bonchev–Trinajstić information content (AvgIpc) is 2.70. The minimum absolute atomic E-state index is 0.289. The molecule has 0 saturated carbocycles. The van der Waals surface area contributed by atoms with Gasteiger partial charge in [-0.1, -0.05) is 76.6 Å². The second kappa shape index (κ2) is 12.3. The van der Waals surface area contributed by atoms with Gasteiger partial charge in [-0.3, -0.25) is 0 Å². The molecule has 2 aromatic carbocycles. The fourth-order valence-electron chi connectivity index (χ4n) is 3.21. The fraction of sp³-hybridized carbons (Fsp3) is 0.480. The average molecular weight is 367 g/mol.